The molecule has 1 aromatic rings. The lowest BCUT2D eigenvalue weighted by molar-refractivity contribution is -0.116. The number of carbonyl (C=O) groups excluding carboxylic acids is 1. The topological polar surface area (TPSA) is 57.3 Å². The van der Waals surface area contributed by atoms with Crippen LogP contribution in [0.15, 0.2) is 22.8 Å². The molecule has 0 radical (unpaired) electrons. The summed E-state index contributed by atoms with van der Waals surface area (Å²) in [6.07, 6.45) is 3.43. The molecule has 2 atom stereocenters. The molecule has 1 aromatic heterocycles. The fourth-order valence-corrected chi connectivity index (χ4v) is 3.18. The summed E-state index contributed by atoms with van der Waals surface area (Å²) in [5, 5.41) is 6.29. The third kappa shape index (κ3) is 3.13. The zero-order valence-corrected chi connectivity index (χ0v) is 12.2. The van der Waals surface area contributed by atoms with Gasteiger partial charge in [-0.3, -0.25) is 9.69 Å². The molecule has 3 rings (SSSR count). The first-order valence-electron chi connectivity index (χ1n) is 6.59. The van der Waals surface area contributed by atoms with Crippen LogP contribution in [-0.4, -0.2) is 47.5 Å². The van der Waals surface area contributed by atoms with E-state index >= 15 is 0 Å². The fourth-order valence-electron chi connectivity index (χ4n) is 2.84. The number of rotatable bonds is 4. The van der Waals surface area contributed by atoms with Crippen LogP contribution in [0.2, 0.25) is 0 Å². The number of carbonyl (C=O) groups is 1. The van der Waals surface area contributed by atoms with Crippen LogP contribution in [0.5, 0.6) is 0 Å². The predicted molar refractivity (Wildman–Crippen MR) is 77.0 cm³/mol. The van der Waals surface area contributed by atoms with E-state index in [4.69, 9.17) is 0 Å². The zero-order chi connectivity index (χ0) is 13.2. The van der Waals surface area contributed by atoms with E-state index in [9.17, 15) is 4.79 Å². The minimum absolute atomic E-state index is 0.0290. The Kier molecular flexibility index (Phi) is 3.81. The quantitative estimate of drug-likeness (QED) is 0.874. The number of aromatic nitrogens is 1. The van der Waals surface area contributed by atoms with E-state index in [1.165, 1.54) is 6.42 Å². The van der Waals surface area contributed by atoms with Crippen LogP contribution in [0.4, 0.5) is 5.82 Å². The van der Waals surface area contributed by atoms with Crippen molar-refractivity contribution in [3.63, 3.8) is 0 Å². The van der Waals surface area contributed by atoms with Crippen molar-refractivity contribution in [2.75, 3.05) is 25.0 Å². The molecule has 0 saturated carbocycles. The number of halogens is 1. The average Bonchev–Trinajstić information content (AvgIpc) is 2.98. The first kappa shape index (κ1) is 13.0. The molecule has 2 aliphatic rings. The Labute approximate surface area is 120 Å². The summed E-state index contributed by atoms with van der Waals surface area (Å²) in [6, 6.07) is 4.91. The highest BCUT2D eigenvalue weighted by molar-refractivity contribution is 9.10. The minimum Gasteiger partial charge on any atom is -0.311 e. The van der Waals surface area contributed by atoms with Gasteiger partial charge in [-0.2, -0.15) is 0 Å². The molecule has 2 fully saturated rings. The van der Waals surface area contributed by atoms with Crippen molar-refractivity contribution in [2.24, 2.45) is 0 Å². The highest BCUT2D eigenvalue weighted by Gasteiger charge is 2.37. The summed E-state index contributed by atoms with van der Waals surface area (Å²) in [5.74, 6) is 0.630. The molecule has 3 heterocycles. The van der Waals surface area contributed by atoms with Gasteiger partial charge >= 0.3 is 0 Å². The van der Waals surface area contributed by atoms with Crippen LogP contribution >= 0.6 is 15.9 Å². The van der Waals surface area contributed by atoms with E-state index in [-0.39, 0.29) is 5.91 Å². The van der Waals surface area contributed by atoms with E-state index in [2.05, 4.69) is 36.4 Å². The van der Waals surface area contributed by atoms with Gasteiger partial charge < -0.3 is 10.6 Å². The number of nitrogens with one attached hydrogen (secondary N) is 2. The summed E-state index contributed by atoms with van der Waals surface area (Å²) in [5.41, 5.74) is 0. The predicted octanol–water partition coefficient (Wildman–Crippen LogP) is 1.22. The molecule has 2 bridgehead atoms. The van der Waals surface area contributed by atoms with Gasteiger partial charge in [0, 0.05) is 48.8 Å². The molecule has 19 heavy (non-hydrogen) atoms. The van der Waals surface area contributed by atoms with Crippen molar-refractivity contribution in [3.8, 4) is 0 Å². The molecule has 2 N–H and O–H groups in total. The Morgan fingerprint density at radius 1 is 1.63 bits per heavy atom. The van der Waals surface area contributed by atoms with Gasteiger partial charge in [-0.15, -0.1) is 0 Å². The van der Waals surface area contributed by atoms with Crippen molar-refractivity contribution >= 4 is 27.7 Å². The summed E-state index contributed by atoms with van der Waals surface area (Å²) in [4.78, 5) is 18.4. The number of fused-ring (bicyclic) bond motifs is 2. The Hall–Kier alpha value is -0.980. The maximum Gasteiger partial charge on any atom is 0.226 e. The number of pyridine rings is 1. The molecule has 102 valence electrons. The van der Waals surface area contributed by atoms with E-state index in [1.807, 2.05) is 6.07 Å². The number of hydrogen-bond acceptors (Lipinski definition) is 4. The van der Waals surface area contributed by atoms with Crippen LogP contribution in [0.1, 0.15) is 12.8 Å². The first-order valence-corrected chi connectivity index (χ1v) is 7.39. The van der Waals surface area contributed by atoms with Gasteiger partial charge in [0.05, 0.1) is 0 Å². The smallest absolute Gasteiger partial charge is 0.226 e. The molecule has 2 aliphatic heterocycles. The summed E-state index contributed by atoms with van der Waals surface area (Å²) in [7, 11) is 0. The van der Waals surface area contributed by atoms with E-state index in [0.29, 0.717) is 24.3 Å². The lowest BCUT2D eigenvalue weighted by atomic mass is 10.2. The monoisotopic (exact) mass is 324 g/mol. The SMILES string of the molecule is O=C(CCN1C[C@@H]2C[C@H]1CN2)Nc1cc(Br)ccn1. The molecule has 6 heteroatoms. The number of piperazine rings is 1. The summed E-state index contributed by atoms with van der Waals surface area (Å²) < 4.78 is 0.917. The van der Waals surface area contributed by atoms with E-state index in [0.717, 1.165) is 24.1 Å². The number of nitrogens with zero attached hydrogens (tertiary/aromatic N) is 2. The second-order valence-electron chi connectivity index (χ2n) is 5.15. The second kappa shape index (κ2) is 5.56. The molecular weight excluding hydrogens is 308 g/mol. The molecule has 2 saturated heterocycles. The van der Waals surface area contributed by atoms with Gasteiger partial charge in [-0.25, -0.2) is 4.98 Å². The second-order valence-corrected chi connectivity index (χ2v) is 6.06. The highest BCUT2D eigenvalue weighted by Crippen LogP contribution is 2.23. The van der Waals surface area contributed by atoms with Crippen molar-refractivity contribution in [2.45, 2.75) is 24.9 Å². The number of hydrogen-bond donors (Lipinski definition) is 2. The maximum atomic E-state index is 11.9. The fraction of sp³-hybridized carbons (Fsp3) is 0.538. The summed E-state index contributed by atoms with van der Waals surface area (Å²) >= 11 is 3.36. The number of anilines is 1. The summed E-state index contributed by atoms with van der Waals surface area (Å²) in [6.45, 7) is 2.98. The molecule has 0 unspecified atom stereocenters. The standard InChI is InChI=1S/C13H17BrN4O/c14-9-1-3-15-12(5-9)17-13(19)2-4-18-8-10-6-11(18)7-16-10/h1,3,5,10-11,16H,2,4,6-8H2,(H,15,17,19)/t10-,11-/m0/s1. The van der Waals surface area contributed by atoms with Crippen molar-refractivity contribution in [1.29, 1.82) is 0 Å². The third-order valence-electron chi connectivity index (χ3n) is 3.79. The van der Waals surface area contributed by atoms with Gasteiger partial charge in [0.1, 0.15) is 5.82 Å². The van der Waals surface area contributed by atoms with E-state index < -0.39 is 0 Å². The van der Waals surface area contributed by atoms with Crippen LogP contribution in [0.3, 0.4) is 0 Å². The highest BCUT2D eigenvalue weighted by atomic mass is 79.9. The third-order valence-corrected chi connectivity index (χ3v) is 4.28. The van der Waals surface area contributed by atoms with Gasteiger partial charge in [0.25, 0.3) is 0 Å². The molecule has 0 aromatic carbocycles. The Bertz CT molecular complexity index is 481. The largest absolute Gasteiger partial charge is 0.311 e. The van der Waals surface area contributed by atoms with Crippen molar-refractivity contribution < 1.29 is 4.79 Å². The van der Waals surface area contributed by atoms with Crippen LogP contribution in [0.25, 0.3) is 0 Å². The van der Waals surface area contributed by atoms with Crippen LogP contribution < -0.4 is 10.6 Å². The normalized spacial score (nSPS) is 25.7. The van der Waals surface area contributed by atoms with Crippen molar-refractivity contribution in [1.82, 2.24) is 15.2 Å². The lowest BCUT2D eigenvalue weighted by Crippen LogP contribution is -2.44. The van der Waals surface area contributed by atoms with Crippen molar-refractivity contribution in [3.05, 3.63) is 22.8 Å². The maximum absolute atomic E-state index is 11.9. The average molecular weight is 325 g/mol. The minimum atomic E-state index is 0.0290. The Balaban J connectivity index is 1.47. The lowest BCUT2D eigenvalue weighted by Gasteiger charge is -2.26. The first-order chi connectivity index (χ1) is 9.20. The van der Waals surface area contributed by atoms with Gasteiger partial charge in [0.15, 0.2) is 0 Å². The molecule has 0 aliphatic carbocycles. The number of amides is 1. The molecule has 5 nitrogen and oxygen atoms in total. The van der Waals surface area contributed by atoms with E-state index in [1.54, 1.807) is 12.3 Å². The molecular formula is C13H17BrN4O. The van der Waals surface area contributed by atoms with Gasteiger partial charge in [-0.05, 0) is 18.6 Å². The van der Waals surface area contributed by atoms with Crippen LogP contribution in [-0.2, 0) is 4.79 Å². The van der Waals surface area contributed by atoms with Gasteiger partial charge in [0.2, 0.25) is 5.91 Å². The molecule has 0 spiro atoms. The van der Waals surface area contributed by atoms with Crippen LogP contribution in [0, 0.1) is 0 Å². The zero-order valence-electron chi connectivity index (χ0n) is 10.6. The number of likely N-dealkylation sites (tertiary alicyclic amines) is 1. The Morgan fingerprint density at radius 2 is 2.53 bits per heavy atom. The van der Waals surface area contributed by atoms with Gasteiger partial charge in [-0.1, -0.05) is 15.9 Å². The molecule has 1 amide bonds. The Morgan fingerprint density at radius 3 is 3.21 bits per heavy atom.